The Bertz CT molecular complexity index is 898. The molecule has 0 aliphatic carbocycles. The molecule has 0 radical (unpaired) electrons. The Labute approximate surface area is 215 Å². The molecule has 1 aliphatic rings. The normalized spacial score (nSPS) is 15.5. The summed E-state index contributed by atoms with van der Waals surface area (Å²) in [6.07, 6.45) is 1.99. The van der Waals surface area contributed by atoms with Gasteiger partial charge in [0.2, 0.25) is 0 Å². The fourth-order valence-electron chi connectivity index (χ4n) is 4.30. The molecular formula is C26H38IN3O3. The molecule has 0 saturated carbocycles. The minimum atomic E-state index is 0. The number of hydrogen-bond acceptors (Lipinski definition) is 4. The van der Waals surface area contributed by atoms with Crippen molar-refractivity contribution in [3.63, 3.8) is 0 Å². The third kappa shape index (κ3) is 7.58. The quantitative estimate of drug-likeness (QED) is 0.204. The van der Waals surface area contributed by atoms with Crippen LogP contribution in [-0.2, 0) is 21.4 Å². The number of ether oxygens (including phenoxy) is 3. The summed E-state index contributed by atoms with van der Waals surface area (Å²) in [6, 6.07) is 15.0. The topological polar surface area (TPSA) is 64.1 Å². The van der Waals surface area contributed by atoms with Gasteiger partial charge in [-0.25, -0.2) is 0 Å². The molecule has 2 aromatic carbocycles. The Kier molecular flexibility index (Phi) is 11.4. The van der Waals surface area contributed by atoms with Crippen LogP contribution in [-0.4, -0.2) is 53.1 Å². The average Bonchev–Trinajstić information content (AvgIpc) is 2.81. The van der Waals surface area contributed by atoms with Gasteiger partial charge in [0.15, 0.2) is 5.96 Å². The summed E-state index contributed by atoms with van der Waals surface area (Å²) < 4.78 is 16.7. The smallest absolute Gasteiger partial charge is 0.191 e. The van der Waals surface area contributed by atoms with Gasteiger partial charge in [0.05, 0.1) is 6.61 Å². The number of halogens is 1. The summed E-state index contributed by atoms with van der Waals surface area (Å²) in [5.74, 6) is 1.67. The number of nitrogens with one attached hydrogen (secondary N) is 2. The average molecular weight is 568 g/mol. The highest BCUT2D eigenvalue weighted by Crippen LogP contribution is 2.36. The van der Waals surface area contributed by atoms with Crippen molar-refractivity contribution < 1.29 is 14.2 Å². The summed E-state index contributed by atoms with van der Waals surface area (Å²) >= 11 is 0. The lowest BCUT2D eigenvalue weighted by Gasteiger charge is -2.39. The number of methoxy groups -OCH3 is 1. The van der Waals surface area contributed by atoms with Crippen LogP contribution >= 0.6 is 24.0 Å². The molecular weight excluding hydrogens is 529 g/mol. The van der Waals surface area contributed by atoms with Crippen LogP contribution in [0.2, 0.25) is 0 Å². The maximum absolute atomic E-state index is 5.93. The number of nitrogens with zero attached hydrogens (tertiary/aromatic N) is 1. The van der Waals surface area contributed by atoms with Crippen molar-refractivity contribution in [3.8, 4) is 5.75 Å². The lowest BCUT2D eigenvalue weighted by Crippen LogP contribution is -2.48. The molecule has 0 aromatic heterocycles. The molecule has 2 aromatic rings. The molecule has 6 nitrogen and oxygen atoms in total. The van der Waals surface area contributed by atoms with Gasteiger partial charge in [-0.15, -0.1) is 24.0 Å². The Morgan fingerprint density at radius 2 is 1.82 bits per heavy atom. The van der Waals surface area contributed by atoms with Gasteiger partial charge in [-0.05, 0) is 49.4 Å². The van der Waals surface area contributed by atoms with Crippen LogP contribution in [0.4, 0.5) is 0 Å². The van der Waals surface area contributed by atoms with Crippen molar-refractivity contribution in [2.24, 2.45) is 4.99 Å². The van der Waals surface area contributed by atoms with E-state index in [1.807, 2.05) is 7.05 Å². The predicted molar refractivity (Wildman–Crippen MR) is 145 cm³/mol. The molecule has 1 saturated heterocycles. The molecule has 7 heteroatoms. The van der Waals surface area contributed by atoms with E-state index in [1.54, 1.807) is 7.11 Å². The molecule has 0 spiro atoms. The summed E-state index contributed by atoms with van der Waals surface area (Å²) in [5, 5.41) is 7.04. The van der Waals surface area contributed by atoms with Gasteiger partial charge < -0.3 is 24.8 Å². The molecule has 0 bridgehead atoms. The maximum Gasteiger partial charge on any atom is 0.191 e. The van der Waals surface area contributed by atoms with Crippen LogP contribution < -0.4 is 15.4 Å². The van der Waals surface area contributed by atoms with E-state index in [2.05, 4.69) is 71.9 Å². The number of aliphatic imine (C=N–C) groups is 1. The van der Waals surface area contributed by atoms with Gasteiger partial charge in [0.25, 0.3) is 0 Å². The summed E-state index contributed by atoms with van der Waals surface area (Å²) in [4.78, 5) is 4.46. The van der Waals surface area contributed by atoms with Crippen LogP contribution in [0.5, 0.6) is 5.75 Å². The zero-order valence-corrected chi connectivity index (χ0v) is 22.6. The highest BCUT2D eigenvalue weighted by atomic mass is 127. The van der Waals surface area contributed by atoms with Crippen molar-refractivity contribution in [2.75, 3.05) is 47.1 Å². The molecule has 33 heavy (non-hydrogen) atoms. The van der Waals surface area contributed by atoms with Gasteiger partial charge in [-0.2, -0.15) is 0 Å². The molecule has 0 atom stereocenters. The summed E-state index contributed by atoms with van der Waals surface area (Å²) in [7, 11) is 3.49. The minimum Gasteiger partial charge on any atom is -0.491 e. The van der Waals surface area contributed by atoms with Gasteiger partial charge in [0, 0.05) is 51.4 Å². The number of aryl methyl sites for hydroxylation is 2. The molecule has 3 rings (SSSR count). The lowest BCUT2D eigenvalue weighted by atomic mass is 9.72. The first-order valence-corrected chi connectivity index (χ1v) is 11.4. The van der Waals surface area contributed by atoms with Crippen molar-refractivity contribution in [1.29, 1.82) is 0 Å². The van der Waals surface area contributed by atoms with Gasteiger partial charge in [0.1, 0.15) is 12.4 Å². The highest BCUT2D eigenvalue weighted by Gasteiger charge is 2.35. The van der Waals surface area contributed by atoms with E-state index in [9.17, 15) is 0 Å². The molecule has 2 N–H and O–H groups in total. The van der Waals surface area contributed by atoms with Crippen molar-refractivity contribution in [3.05, 3.63) is 64.7 Å². The third-order valence-corrected chi connectivity index (χ3v) is 6.20. The largest absolute Gasteiger partial charge is 0.491 e. The van der Waals surface area contributed by atoms with E-state index >= 15 is 0 Å². The Balaban J connectivity index is 0.00000385. The number of benzene rings is 2. The first-order chi connectivity index (χ1) is 15.6. The fourth-order valence-corrected chi connectivity index (χ4v) is 4.30. The summed E-state index contributed by atoms with van der Waals surface area (Å²) in [5.41, 5.74) is 5.03. The van der Waals surface area contributed by atoms with Crippen LogP contribution in [0.1, 0.15) is 35.1 Å². The lowest BCUT2D eigenvalue weighted by molar-refractivity contribution is 0.0512. The number of guanidine groups is 1. The predicted octanol–water partition coefficient (Wildman–Crippen LogP) is 4.36. The fraction of sp³-hybridized carbons (Fsp3) is 0.500. The second-order valence-corrected chi connectivity index (χ2v) is 8.44. The maximum atomic E-state index is 5.93. The van der Waals surface area contributed by atoms with Crippen LogP contribution in [0, 0.1) is 13.8 Å². The first kappa shape index (κ1) is 27.4. The van der Waals surface area contributed by atoms with E-state index in [0.717, 1.165) is 49.9 Å². The second kappa shape index (κ2) is 13.8. The zero-order valence-electron chi connectivity index (χ0n) is 20.3. The molecule has 0 amide bonds. The van der Waals surface area contributed by atoms with Gasteiger partial charge in [-0.1, -0.05) is 36.4 Å². The minimum absolute atomic E-state index is 0. The Morgan fingerprint density at radius 1 is 1.06 bits per heavy atom. The second-order valence-electron chi connectivity index (χ2n) is 8.44. The van der Waals surface area contributed by atoms with Crippen LogP contribution in [0.3, 0.4) is 0 Å². The van der Waals surface area contributed by atoms with Crippen molar-refractivity contribution >= 4 is 29.9 Å². The third-order valence-electron chi connectivity index (χ3n) is 6.20. The Hall–Kier alpha value is -1.84. The van der Waals surface area contributed by atoms with Gasteiger partial charge >= 0.3 is 0 Å². The van der Waals surface area contributed by atoms with Gasteiger partial charge in [-0.3, -0.25) is 4.99 Å². The molecule has 1 fully saturated rings. The van der Waals surface area contributed by atoms with E-state index in [1.165, 1.54) is 16.7 Å². The number of rotatable bonds is 9. The van der Waals surface area contributed by atoms with Crippen LogP contribution in [0.25, 0.3) is 0 Å². The molecule has 1 aliphatic heterocycles. The van der Waals surface area contributed by atoms with E-state index in [0.29, 0.717) is 19.8 Å². The highest BCUT2D eigenvalue weighted by molar-refractivity contribution is 14.0. The molecule has 0 unspecified atom stereocenters. The summed E-state index contributed by atoms with van der Waals surface area (Å²) in [6.45, 7) is 8.37. The first-order valence-electron chi connectivity index (χ1n) is 11.4. The van der Waals surface area contributed by atoms with Crippen LogP contribution in [0.15, 0.2) is 47.5 Å². The monoisotopic (exact) mass is 567 g/mol. The van der Waals surface area contributed by atoms with E-state index in [-0.39, 0.29) is 29.4 Å². The standard InChI is InChI=1S/C26H37N3O3.HI/c1-20-9-10-22(24(17-20)32-16-15-30-4)18-28-25(27-3)29-19-26(11-13-31-14-12-26)23-8-6-5-7-21(23)2;/h5-10,17H,11-16,18-19H2,1-4H3,(H2,27,28,29);1H. The van der Waals surface area contributed by atoms with Crippen molar-refractivity contribution in [1.82, 2.24) is 10.6 Å². The zero-order chi connectivity index (χ0) is 22.8. The van der Waals surface area contributed by atoms with E-state index < -0.39 is 0 Å². The van der Waals surface area contributed by atoms with E-state index in [4.69, 9.17) is 14.2 Å². The Morgan fingerprint density at radius 3 is 2.52 bits per heavy atom. The SMILES string of the molecule is CN=C(NCc1ccc(C)cc1OCCOC)NCC1(c2ccccc2C)CCOCC1.I. The molecule has 182 valence electrons. The molecule has 1 heterocycles. The number of hydrogen-bond donors (Lipinski definition) is 2. The van der Waals surface area contributed by atoms with Crippen molar-refractivity contribution in [2.45, 2.75) is 38.6 Å².